The Hall–Kier alpha value is -2.03. The first kappa shape index (κ1) is 22.7. The molecule has 1 aromatic carbocycles. The van der Waals surface area contributed by atoms with Crippen molar-refractivity contribution in [1.82, 2.24) is 20.0 Å². The van der Waals surface area contributed by atoms with Crippen molar-refractivity contribution in [3.05, 3.63) is 34.9 Å². The number of halogens is 1. The van der Waals surface area contributed by atoms with Gasteiger partial charge in [-0.25, -0.2) is 4.79 Å². The number of rotatable bonds is 5. The van der Waals surface area contributed by atoms with Crippen LogP contribution in [0.3, 0.4) is 0 Å². The molecule has 2 aliphatic heterocycles. The summed E-state index contributed by atoms with van der Waals surface area (Å²) in [6.07, 6.45) is -0.241. The van der Waals surface area contributed by atoms with Gasteiger partial charge in [0.1, 0.15) is 0 Å². The molecule has 1 N–H and O–H groups in total. The third-order valence-electron chi connectivity index (χ3n) is 5.51. The summed E-state index contributed by atoms with van der Waals surface area (Å²) in [4.78, 5) is 22.8. The van der Waals surface area contributed by atoms with Gasteiger partial charge in [0.2, 0.25) is 0 Å². The van der Waals surface area contributed by atoms with E-state index in [0.717, 1.165) is 56.9 Å². The van der Waals surface area contributed by atoms with Gasteiger partial charge < -0.3 is 24.6 Å². The largest absolute Gasteiger partial charge is 0.450 e. The van der Waals surface area contributed by atoms with Crippen LogP contribution in [-0.2, 0) is 9.47 Å². The molecule has 1 unspecified atom stereocenters. The maximum absolute atomic E-state index is 11.9. The highest BCUT2D eigenvalue weighted by Crippen LogP contribution is 2.23. The molecule has 0 bridgehead atoms. The average molecular weight is 438 g/mol. The maximum Gasteiger partial charge on any atom is 0.409 e. The van der Waals surface area contributed by atoms with Crippen molar-refractivity contribution in [2.24, 2.45) is 4.99 Å². The van der Waals surface area contributed by atoms with Crippen LogP contribution in [0.2, 0.25) is 5.02 Å². The van der Waals surface area contributed by atoms with Gasteiger partial charge in [-0.05, 0) is 24.6 Å². The first-order valence-electron chi connectivity index (χ1n) is 10.6. The summed E-state index contributed by atoms with van der Waals surface area (Å²) in [6.45, 7) is 8.94. The fourth-order valence-electron chi connectivity index (χ4n) is 3.87. The van der Waals surface area contributed by atoms with Crippen molar-refractivity contribution in [2.45, 2.75) is 13.0 Å². The van der Waals surface area contributed by atoms with Crippen molar-refractivity contribution in [3.8, 4) is 0 Å². The Labute approximate surface area is 183 Å². The maximum atomic E-state index is 11.9. The van der Waals surface area contributed by atoms with E-state index in [9.17, 15) is 4.79 Å². The minimum Gasteiger partial charge on any atom is -0.450 e. The molecular weight excluding hydrogens is 406 g/mol. The zero-order valence-electron chi connectivity index (χ0n) is 17.8. The molecule has 0 radical (unpaired) electrons. The summed E-state index contributed by atoms with van der Waals surface area (Å²) < 4.78 is 10.6. The molecule has 1 atom stereocenters. The van der Waals surface area contributed by atoms with Crippen molar-refractivity contribution in [2.75, 3.05) is 72.7 Å². The number of piperazine rings is 1. The van der Waals surface area contributed by atoms with Crippen LogP contribution in [0.15, 0.2) is 29.3 Å². The molecule has 0 aromatic heterocycles. The molecule has 8 nitrogen and oxygen atoms in total. The van der Waals surface area contributed by atoms with E-state index in [-0.39, 0.29) is 12.1 Å². The Kier molecular flexibility index (Phi) is 8.60. The minimum atomic E-state index is -0.241. The van der Waals surface area contributed by atoms with Crippen LogP contribution < -0.4 is 5.32 Å². The molecule has 9 heteroatoms. The molecule has 0 spiro atoms. The lowest BCUT2D eigenvalue weighted by molar-refractivity contribution is 0.0168. The van der Waals surface area contributed by atoms with E-state index in [1.807, 2.05) is 19.1 Å². The Bertz CT molecular complexity index is 701. The molecule has 166 valence electrons. The predicted molar refractivity (Wildman–Crippen MR) is 118 cm³/mol. The van der Waals surface area contributed by atoms with E-state index in [0.29, 0.717) is 19.7 Å². The summed E-state index contributed by atoms with van der Waals surface area (Å²) >= 11 is 6.10. The minimum absolute atomic E-state index is 0.198. The number of carbonyl (C=O) groups excluding carboxylic acids is 1. The highest BCUT2D eigenvalue weighted by atomic mass is 35.5. The van der Waals surface area contributed by atoms with Gasteiger partial charge in [-0.2, -0.15) is 0 Å². The molecular formula is C21H32ClN5O3. The number of hydrogen-bond donors (Lipinski definition) is 1. The topological polar surface area (TPSA) is 69.6 Å². The number of aliphatic imine (C=N–C) groups is 1. The Morgan fingerprint density at radius 3 is 2.37 bits per heavy atom. The molecule has 2 saturated heterocycles. The molecule has 0 saturated carbocycles. The summed E-state index contributed by atoms with van der Waals surface area (Å²) in [5.74, 6) is 0.853. The van der Waals surface area contributed by atoms with E-state index in [1.165, 1.54) is 5.56 Å². The van der Waals surface area contributed by atoms with Crippen LogP contribution in [0, 0.1) is 0 Å². The van der Waals surface area contributed by atoms with Crippen molar-refractivity contribution in [3.63, 3.8) is 0 Å². The second-order valence-electron chi connectivity index (χ2n) is 7.32. The SMILES string of the molecule is CCOC(=O)N1CCN(C(=NC)NCC(c2ccc(Cl)cc2)N2CCOCC2)CC1. The standard InChI is InChI=1S/C21H32ClN5O3/c1-3-30-21(28)27-10-8-26(9-11-27)20(23-2)24-16-19(25-12-14-29-15-13-25)17-4-6-18(22)7-5-17/h4-7,19H,3,8-16H2,1-2H3,(H,23,24). The number of guanidine groups is 1. The highest BCUT2D eigenvalue weighted by Gasteiger charge is 2.26. The molecule has 3 rings (SSSR count). The molecule has 0 aliphatic carbocycles. The zero-order valence-corrected chi connectivity index (χ0v) is 18.6. The number of morpholine rings is 1. The Balaban J connectivity index is 1.60. The van der Waals surface area contributed by atoms with E-state index in [1.54, 1.807) is 11.9 Å². The van der Waals surface area contributed by atoms with E-state index < -0.39 is 0 Å². The van der Waals surface area contributed by atoms with Crippen LogP contribution in [0.25, 0.3) is 0 Å². The van der Waals surface area contributed by atoms with Gasteiger partial charge in [-0.1, -0.05) is 23.7 Å². The molecule has 2 aliphatic rings. The van der Waals surface area contributed by atoms with E-state index in [4.69, 9.17) is 21.1 Å². The van der Waals surface area contributed by atoms with Crippen molar-refractivity contribution >= 4 is 23.7 Å². The first-order chi connectivity index (χ1) is 14.6. The smallest absolute Gasteiger partial charge is 0.409 e. The van der Waals surface area contributed by atoms with Gasteiger partial charge >= 0.3 is 6.09 Å². The fraction of sp³-hybridized carbons (Fsp3) is 0.619. The second kappa shape index (κ2) is 11.4. The first-order valence-corrected chi connectivity index (χ1v) is 10.9. The van der Waals surface area contributed by atoms with Crippen LogP contribution in [-0.4, -0.2) is 99.4 Å². The lowest BCUT2D eigenvalue weighted by Crippen LogP contribution is -2.55. The summed E-state index contributed by atoms with van der Waals surface area (Å²) in [6, 6.07) is 8.25. The highest BCUT2D eigenvalue weighted by molar-refractivity contribution is 6.30. The lowest BCUT2D eigenvalue weighted by atomic mass is 10.0. The lowest BCUT2D eigenvalue weighted by Gasteiger charge is -2.38. The van der Waals surface area contributed by atoms with Crippen molar-refractivity contribution < 1.29 is 14.3 Å². The summed E-state index contributed by atoms with van der Waals surface area (Å²) in [7, 11) is 1.80. The third kappa shape index (κ3) is 6.00. The van der Waals surface area contributed by atoms with Crippen LogP contribution in [0.5, 0.6) is 0 Å². The number of nitrogens with zero attached hydrogens (tertiary/aromatic N) is 4. The fourth-order valence-corrected chi connectivity index (χ4v) is 3.99. The van der Waals surface area contributed by atoms with Gasteiger partial charge in [-0.3, -0.25) is 9.89 Å². The van der Waals surface area contributed by atoms with Gasteiger partial charge in [0.25, 0.3) is 0 Å². The van der Waals surface area contributed by atoms with Crippen molar-refractivity contribution in [1.29, 1.82) is 0 Å². The van der Waals surface area contributed by atoms with E-state index in [2.05, 4.69) is 32.2 Å². The normalized spacial score (nSPS) is 19.5. The number of amides is 1. The number of benzene rings is 1. The quantitative estimate of drug-likeness (QED) is 0.561. The van der Waals surface area contributed by atoms with Crippen LogP contribution in [0.1, 0.15) is 18.5 Å². The molecule has 2 fully saturated rings. The molecule has 30 heavy (non-hydrogen) atoms. The van der Waals surface area contributed by atoms with Crippen LogP contribution >= 0.6 is 11.6 Å². The summed E-state index contributed by atoms with van der Waals surface area (Å²) in [5.41, 5.74) is 1.22. The zero-order chi connectivity index (χ0) is 21.3. The Morgan fingerprint density at radius 1 is 1.13 bits per heavy atom. The number of hydrogen-bond acceptors (Lipinski definition) is 5. The summed E-state index contributed by atoms with van der Waals surface area (Å²) in [5, 5.41) is 4.28. The third-order valence-corrected chi connectivity index (χ3v) is 5.76. The molecule has 1 aromatic rings. The van der Waals surface area contributed by atoms with Gasteiger partial charge in [0.15, 0.2) is 5.96 Å². The number of carbonyl (C=O) groups is 1. The van der Waals surface area contributed by atoms with Crippen LogP contribution in [0.4, 0.5) is 4.79 Å². The molecule has 2 heterocycles. The predicted octanol–water partition coefficient (Wildman–Crippen LogP) is 2.06. The van der Waals surface area contributed by atoms with Gasteiger partial charge in [0.05, 0.1) is 25.9 Å². The number of nitrogens with one attached hydrogen (secondary N) is 1. The number of ether oxygens (including phenoxy) is 2. The van der Waals surface area contributed by atoms with Gasteiger partial charge in [-0.15, -0.1) is 0 Å². The van der Waals surface area contributed by atoms with Gasteiger partial charge in [0, 0.05) is 57.9 Å². The Morgan fingerprint density at radius 2 is 1.77 bits per heavy atom. The average Bonchev–Trinajstić information content (AvgIpc) is 2.79. The van der Waals surface area contributed by atoms with E-state index >= 15 is 0 Å². The monoisotopic (exact) mass is 437 g/mol. The second-order valence-corrected chi connectivity index (χ2v) is 7.75. The molecule has 1 amide bonds.